The maximum Gasteiger partial charge on any atom is 0.305 e. The van der Waals surface area contributed by atoms with Crippen LogP contribution in [0.4, 0.5) is 5.82 Å². The van der Waals surface area contributed by atoms with Gasteiger partial charge in [0.25, 0.3) is 5.91 Å². The highest BCUT2D eigenvalue weighted by molar-refractivity contribution is 6.02. The molecule has 20 heavy (non-hydrogen) atoms. The highest BCUT2D eigenvalue weighted by atomic mass is 16.4. The number of aromatic nitrogens is 3. The van der Waals surface area contributed by atoms with Gasteiger partial charge >= 0.3 is 5.97 Å². The zero-order valence-electron chi connectivity index (χ0n) is 10.9. The molecule has 0 bridgehead atoms. The minimum Gasteiger partial charge on any atom is -0.481 e. The zero-order chi connectivity index (χ0) is 14.5. The van der Waals surface area contributed by atoms with Crippen LogP contribution in [0.1, 0.15) is 22.5 Å². The van der Waals surface area contributed by atoms with Gasteiger partial charge in [0, 0.05) is 12.4 Å². The molecule has 7 heteroatoms. The predicted octanol–water partition coefficient (Wildman–Crippen LogP) is 1.31. The highest BCUT2D eigenvalue weighted by Crippen LogP contribution is 2.08. The van der Waals surface area contributed by atoms with E-state index in [0.717, 1.165) is 5.56 Å². The summed E-state index contributed by atoms with van der Waals surface area (Å²) >= 11 is 0. The van der Waals surface area contributed by atoms with Crippen molar-refractivity contribution in [2.75, 3.05) is 5.32 Å². The van der Waals surface area contributed by atoms with Crippen LogP contribution in [0, 0.1) is 6.92 Å². The lowest BCUT2D eigenvalue weighted by atomic mass is 10.3. The molecular weight excluding hydrogens is 260 g/mol. The molecular formula is C13H14N4O3. The Morgan fingerprint density at radius 2 is 2.15 bits per heavy atom. The second kappa shape index (κ2) is 5.96. The third kappa shape index (κ3) is 3.41. The fourth-order valence-electron chi connectivity index (χ4n) is 1.69. The monoisotopic (exact) mass is 274 g/mol. The molecule has 0 unspecified atom stereocenters. The van der Waals surface area contributed by atoms with Crippen molar-refractivity contribution in [2.45, 2.75) is 19.9 Å². The SMILES string of the molecule is Cc1ccnc(NC(=O)c2ccnn2CCC(=O)O)c1. The van der Waals surface area contributed by atoms with Gasteiger partial charge in [0.1, 0.15) is 11.5 Å². The Kier molecular flexibility index (Phi) is 4.09. The quantitative estimate of drug-likeness (QED) is 0.856. The molecule has 2 rings (SSSR count). The van der Waals surface area contributed by atoms with Crippen LogP contribution >= 0.6 is 0 Å². The lowest BCUT2D eigenvalue weighted by molar-refractivity contribution is -0.137. The largest absolute Gasteiger partial charge is 0.481 e. The van der Waals surface area contributed by atoms with E-state index in [1.54, 1.807) is 12.3 Å². The molecule has 0 spiro atoms. The molecule has 2 heterocycles. The number of nitrogens with zero attached hydrogens (tertiary/aromatic N) is 3. The van der Waals surface area contributed by atoms with Crippen LogP contribution in [0.3, 0.4) is 0 Å². The van der Waals surface area contributed by atoms with Crippen LogP contribution in [0.2, 0.25) is 0 Å². The Bertz CT molecular complexity index is 636. The van der Waals surface area contributed by atoms with E-state index >= 15 is 0 Å². The summed E-state index contributed by atoms with van der Waals surface area (Å²) in [6, 6.07) is 5.11. The number of amides is 1. The molecule has 0 atom stereocenters. The summed E-state index contributed by atoms with van der Waals surface area (Å²) in [6.07, 6.45) is 2.97. The number of anilines is 1. The summed E-state index contributed by atoms with van der Waals surface area (Å²) in [5.74, 6) is -0.862. The van der Waals surface area contributed by atoms with Crippen molar-refractivity contribution in [3.63, 3.8) is 0 Å². The van der Waals surface area contributed by atoms with Crippen molar-refractivity contribution in [2.24, 2.45) is 0 Å². The molecule has 0 aliphatic heterocycles. The molecule has 2 N–H and O–H groups in total. The lowest BCUT2D eigenvalue weighted by Crippen LogP contribution is -2.19. The number of carbonyl (C=O) groups is 2. The van der Waals surface area contributed by atoms with Crippen molar-refractivity contribution in [3.8, 4) is 0 Å². The first-order valence-electron chi connectivity index (χ1n) is 6.04. The van der Waals surface area contributed by atoms with E-state index in [9.17, 15) is 9.59 Å². The smallest absolute Gasteiger partial charge is 0.305 e. The Morgan fingerprint density at radius 1 is 1.35 bits per heavy atom. The van der Waals surface area contributed by atoms with Crippen molar-refractivity contribution < 1.29 is 14.7 Å². The van der Waals surface area contributed by atoms with Crippen LogP contribution in [0.5, 0.6) is 0 Å². The minimum absolute atomic E-state index is 0.0926. The Labute approximate surface area is 115 Å². The van der Waals surface area contributed by atoms with E-state index in [4.69, 9.17) is 5.11 Å². The zero-order valence-corrected chi connectivity index (χ0v) is 10.9. The fourth-order valence-corrected chi connectivity index (χ4v) is 1.69. The number of rotatable bonds is 5. The van der Waals surface area contributed by atoms with Gasteiger partial charge < -0.3 is 10.4 Å². The topological polar surface area (TPSA) is 97.1 Å². The molecule has 0 saturated heterocycles. The molecule has 0 aliphatic rings. The van der Waals surface area contributed by atoms with Crippen molar-refractivity contribution in [3.05, 3.63) is 41.9 Å². The summed E-state index contributed by atoms with van der Waals surface area (Å²) in [5.41, 5.74) is 1.28. The molecule has 0 radical (unpaired) electrons. The first kappa shape index (κ1) is 13.7. The second-order valence-electron chi connectivity index (χ2n) is 4.26. The Hall–Kier alpha value is -2.70. The third-order valence-corrected chi connectivity index (χ3v) is 2.64. The van der Waals surface area contributed by atoms with E-state index in [2.05, 4.69) is 15.4 Å². The van der Waals surface area contributed by atoms with Gasteiger partial charge in [-0.25, -0.2) is 4.98 Å². The molecule has 7 nitrogen and oxygen atoms in total. The number of nitrogens with one attached hydrogen (secondary N) is 1. The first-order valence-corrected chi connectivity index (χ1v) is 6.04. The maximum absolute atomic E-state index is 12.1. The molecule has 0 aliphatic carbocycles. The highest BCUT2D eigenvalue weighted by Gasteiger charge is 2.13. The molecule has 2 aromatic heterocycles. The summed E-state index contributed by atoms with van der Waals surface area (Å²) in [6.45, 7) is 2.04. The normalized spacial score (nSPS) is 10.2. The molecule has 0 aromatic carbocycles. The number of carbonyl (C=O) groups excluding carboxylic acids is 1. The summed E-state index contributed by atoms with van der Waals surface area (Å²) < 4.78 is 1.36. The molecule has 0 saturated carbocycles. The van der Waals surface area contributed by atoms with Gasteiger partial charge in [-0.2, -0.15) is 5.10 Å². The summed E-state index contributed by atoms with van der Waals surface area (Å²) in [7, 11) is 0. The van der Waals surface area contributed by atoms with Gasteiger partial charge in [-0.3, -0.25) is 14.3 Å². The third-order valence-electron chi connectivity index (χ3n) is 2.64. The number of pyridine rings is 1. The van der Waals surface area contributed by atoms with Crippen LogP contribution in [0.25, 0.3) is 0 Å². The van der Waals surface area contributed by atoms with Crippen LogP contribution < -0.4 is 5.32 Å². The second-order valence-corrected chi connectivity index (χ2v) is 4.26. The predicted molar refractivity (Wildman–Crippen MR) is 71.4 cm³/mol. The average molecular weight is 274 g/mol. The number of hydrogen-bond donors (Lipinski definition) is 2. The minimum atomic E-state index is -0.938. The van der Waals surface area contributed by atoms with E-state index in [-0.39, 0.29) is 18.9 Å². The summed E-state index contributed by atoms with van der Waals surface area (Å²) in [4.78, 5) is 26.7. The van der Waals surface area contributed by atoms with Crippen molar-refractivity contribution in [1.82, 2.24) is 14.8 Å². The molecule has 0 fully saturated rings. The molecule has 2 aromatic rings. The Balaban J connectivity index is 2.09. The first-order chi connectivity index (χ1) is 9.56. The number of hydrogen-bond acceptors (Lipinski definition) is 4. The molecule has 104 valence electrons. The summed E-state index contributed by atoms with van der Waals surface area (Å²) in [5, 5.41) is 15.3. The van der Waals surface area contributed by atoms with Gasteiger partial charge in [0.05, 0.1) is 13.0 Å². The van der Waals surface area contributed by atoms with Crippen molar-refractivity contribution in [1.29, 1.82) is 0 Å². The van der Waals surface area contributed by atoms with Gasteiger partial charge in [0.2, 0.25) is 0 Å². The van der Waals surface area contributed by atoms with E-state index in [1.165, 1.54) is 16.9 Å². The van der Waals surface area contributed by atoms with Gasteiger partial charge in [0.15, 0.2) is 0 Å². The van der Waals surface area contributed by atoms with E-state index < -0.39 is 5.97 Å². The van der Waals surface area contributed by atoms with Gasteiger partial charge in [-0.05, 0) is 30.7 Å². The number of carboxylic acid groups (broad SMARTS) is 1. The van der Waals surface area contributed by atoms with Crippen LogP contribution in [-0.2, 0) is 11.3 Å². The number of carboxylic acids is 1. The van der Waals surface area contributed by atoms with E-state index in [0.29, 0.717) is 11.5 Å². The van der Waals surface area contributed by atoms with Crippen molar-refractivity contribution >= 4 is 17.7 Å². The molecule has 1 amide bonds. The fraction of sp³-hybridized carbons (Fsp3) is 0.231. The van der Waals surface area contributed by atoms with E-state index in [1.807, 2.05) is 13.0 Å². The lowest BCUT2D eigenvalue weighted by Gasteiger charge is -2.07. The van der Waals surface area contributed by atoms with Crippen LogP contribution in [0.15, 0.2) is 30.6 Å². The number of aliphatic carboxylic acids is 1. The van der Waals surface area contributed by atoms with Gasteiger partial charge in [-0.15, -0.1) is 0 Å². The Morgan fingerprint density at radius 3 is 2.85 bits per heavy atom. The van der Waals surface area contributed by atoms with Crippen LogP contribution in [-0.4, -0.2) is 31.7 Å². The standard InChI is InChI=1S/C13H14N4O3/c1-9-2-5-14-11(8-9)16-13(20)10-3-6-15-17(10)7-4-12(18)19/h2-3,5-6,8H,4,7H2,1H3,(H,18,19)(H,14,16,20). The van der Waals surface area contributed by atoms with Gasteiger partial charge in [-0.1, -0.05) is 0 Å². The average Bonchev–Trinajstić information content (AvgIpc) is 2.84. The maximum atomic E-state index is 12.1. The number of aryl methyl sites for hydroxylation is 2.